The number of rotatable bonds is 10. The van der Waals surface area contributed by atoms with E-state index in [9.17, 15) is 19.5 Å². The Hall–Kier alpha value is -3.98. The van der Waals surface area contributed by atoms with E-state index in [0.717, 1.165) is 39.1 Å². The van der Waals surface area contributed by atoms with Gasteiger partial charge in [0.2, 0.25) is 18.2 Å². The number of aromatic nitrogens is 1. The van der Waals surface area contributed by atoms with E-state index in [-0.39, 0.29) is 43.8 Å². The van der Waals surface area contributed by atoms with Crippen molar-refractivity contribution in [1.82, 2.24) is 20.3 Å². The van der Waals surface area contributed by atoms with Gasteiger partial charge >= 0.3 is 0 Å². The molecule has 1 aliphatic heterocycles. The molecule has 0 spiro atoms. The molecule has 40 heavy (non-hydrogen) atoms. The average molecular weight is 547 g/mol. The zero-order valence-corrected chi connectivity index (χ0v) is 23.8. The van der Waals surface area contributed by atoms with Crippen molar-refractivity contribution in [2.75, 3.05) is 6.54 Å². The first kappa shape index (κ1) is 29.0. The number of aliphatic hydroxyl groups excluding tert-OH is 1. The lowest BCUT2D eigenvalue weighted by atomic mass is 9.99. The third-order valence-electron chi connectivity index (χ3n) is 7.71. The van der Waals surface area contributed by atoms with Gasteiger partial charge in [-0.25, -0.2) is 0 Å². The molecule has 212 valence electrons. The van der Waals surface area contributed by atoms with Crippen LogP contribution in [0.4, 0.5) is 0 Å². The van der Waals surface area contributed by atoms with E-state index in [1.165, 1.54) is 9.80 Å². The van der Waals surface area contributed by atoms with Gasteiger partial charge < -0.3 is 24.7 Å². The number of benzene rings is 2. The molecule has 4 rings (SSSR count). The van der Waals surface area contributed by atoms with Gasteiger partial charge in [-0.3, -0.25) is 14.4 Å². The number of carbonyl (C=O) groups excluding carboxylic acids is 3. The number of nitrogens with zero attached hydrogens (tertiary/aromatic N) is 3. The van der Waals surface area contributed by atoms with E-state index in [1.807, 2.05) is 77.1 Å². The third kappa shape index (κ3) is 6.25. The van der Waals surface area contributed by atoms with Crippen molar-refractivity contribution >= 4 is 18.2 Å². The van der Waals surface area contributed by atoms with Gasteiger partial charge in [-0.2, -0.15) is 0 Å². The summed E-state index contributed by atoms with van der Waals surface area (Å²) in [6.45, 7) is 10.2. The molecule has 2 heterocycles. The second-order valence-corrected chi connectivity index (χ2v) is 10.9. The first-order chi connectivity index (χ1) is 19.1. The molecule has 3 unspecified atom stereocenters. The van der Waals surface area contributed by atoms with Gasteiger partial charge in [0.1, 0.15) is 17.8 Å². The maximum atomic E-state index is 13.9. The quantitative estimate of drug-likeness (QED) is 0.376. The highest BCUT2D eigenvalue weighted by atomic mass is 16.5. The zero-order valence-electron chi connectivity index (χ0n) is 23.8. The van der Waals surface area contributed by atoms with Crippen LogP contribution in [0.5, 0.6) is 0 Å². The van der Waals surface area contributed by atoms with Crippen LogP contribution in [0, 0.1) is 26.7 Å². The maximum absolute atomic E-state index is 13.9. The molecule has 3 amide bonds. The van der Waals surface area contributed by atoms with Crippen LogP contribution in [0.2, 0.25) is 0 Å². The van der Waals surface area contributed by atoms with Crippen molar-refractivity contribution in [3.8, 4) is 11.1 Å². The number of nitrogens with one attached hydrogen (secondary N) is 1. The van der Waals surface area contributed by atoms with Gasteiger partial charge in [0.05, 0.1) is 12.3 Å². The fourth-order valence-corrected chi connectivity index (χ4v) is 5.41. The summed E-state index contributed by atoms with van der Waals surface area (Å²) in [4.78, 5) is 42.3. The Morgan fingerprint density at radius 3 is 2.52 bits per heavy atom. The minimum absolute atomic E-state index is 0.0447. The standard InChI is InChI=1S/C31H38N4O5/c1-19(2)29(34(18-36)16-25-9-7-6-8-20(25)3)31(39)35-17-26(37)13-28(35)30(38)32-14-24-11-10-23(12-21(24)4)27-15-33-40-22(27)5/h6-12,15,18-19,26,28-29,37H,13-14,16-17H2,1-5H3,(H,32,38). The molecule has 2 aromatic carbocycles. The lowest BCUT2D eigenvalue weighted by Crippen LogP contribution is -2.55. The first-order valence-electron chi connectivity index (χ1n) is 13.6. The molecular weight excluding hydrogens is 508 g/mol. The Bertz CT molecular complexity index is 1370. The van der Waals surface area contributed by atoms with E-state index in [1.54, 1.807) is 6.20 Å². The Morgan fingerprint density at radius 1 is 1.15 bits per heavy atom. The molecule has 9 heteroatoms. The van der Waals surface area contributed by atoms with E-state index in [0.29, 0.717) is 6.41 Å². The van der Waals surface area contributed by atoms with E-state index in [4.69, 9.17) is 4.52 Å². The summed E-state index contributed by atoms with van der Waals surface area (Å²) in [7, 11) is 0. The summed E-state index contributed by atoms with van der Waals surface area (Å²) < 4.78 is 5.17. The van der Waals surface area contributed by atoms with Crippen molar-refractivity contribution < 1.29 is 24.0 Å². The number of aryl methyl sites for hydroxylation is 3. The smallest absolute Gasteiger partial charge is 0.246 e. The second kappa shape index (κ2) is 12.5. The van der Waals surface area contributed by atoms with Gasteiger partial charge in [-0.1, -0.05) is 61.5 Å². The topological polar surface area (TPSA) is 116 Å². The lowest BCUT2D eigenvalue weighted by Gasteiger charge is -2.35. The average Bonchev–Trinajstić information content (AvgIpc) is 3.53. The van der Waals surface area contributed by atoms with Crippen LogP contribution >= 0.6 is 0 Å². The fraction of sp³-hybridized carbons (Fsp3) is 0.419. The normalized spacial score (nSPS) is 17.6. The van der Waals surface area contributed by atoms with Crippen molar-refractivity contribution in [1.29, 1.82) is 0 Å². The monoisotopic (exact) mass is 546 g/mol. The molecular formula is C31H38N4O5. The summed E-state index contributed by atoms with van der Waals surface area (Å²) in [6.07, 6.45) is 1.71. The molecule has 0 aliphatic carbocycles. The Kier molecular flexibility index (Phi) is 9.04. The van der Waals surface area contributed by atoms with Crippen LogP contribution in [0.3, 0.4) is 0 Å². The summed E-state index contributed by atoms with van der Waals surface area (Å²) in [6, 6.07) is 12.1. The predicted molar refractivity (Wildman–Crippen MR) is 151 cm³/mol. The molecule has 1 aliphatic rings. The molecule has 3 atom stereocenters. The van der Waals surface area contributed by atoms with Crippen LogP contribution in [-0.4, -0.2) is 63.0 Å². The van der Waals surface area contributed by atoms with Gasteiger partial charge in [-0.15, -0.1) is 0 Å². The second-order valence-electron chi connectivity index (χ2n) is 10.9. The number of likely N-dealkylation sites (tertiary alicyclic amines) is 1. The van der Waals surface area contributed by atoms with Crippen molar-refractivity contribution in [2.45, 2.75) is 72.3 Å². The van der Waals surface area contributed by atoms with E-state index < -0.39 is 18.2 Å². The minimum atomic E-state index is -0.824. The summed E-state index contributed by atoms with van der Waals surface area (Å²) >= 11 is 0. The number of β-amino-alcohol motifs (C(OH)–C–C–N with tert-alkyl or cyclic N) is 1. The number of hydrogen-bond donors (Lipinski definition) is 2. The van der Waals surface area contributed by atoms with Crippen LogP contribution < -0.4 is 5.32 Å². The Labute approximate surface area is 235 Å². The van der Waals surface area contributed by atoms with E-state index in [2.05, 4.69) is 10.5 Å². The summed E-state index contributed by atoms with van der Waals surface area (Å²) in [5.41, 5.74) is 5.80. The van der Waals surface area contributed by atoms with Gasteiger partial charge in [0.25, 0.3) is 0 Å². The zero-order chi connectivity index (χ0) is 29.0. The molecule has 9 nitrogen and oxygen atoms in total. The van der Waals surface area contributed by atoms with Crippen LogP contribution in [0.25, 0.3) is 11.1 Å². The Balaban J connectivity index is 1.47. The molecule has 0 radical (unpaired) electrons. The van der Waals surface area contributed by atoms with Crippen LogP contribution in [0.1, 0.15) is 48.3 Å². The summed E-state index contributed by atoms with van der Waals surface area (Å²) in [5.74, 6) is -0.130. The van der Waals surface area contributed by atoms with Crippen molar-refractivity contribution in [2.24, 2.45) is 5.92 Å². The van der Waals surface area contributed by atoms with Gasteiger partial charge in [0.15, 0.2) is 0 Å². The molecule has 0 saturated carbocycles. The number of amides is 3. The SMILES string of the molecule is Cc1cc(-c2cnoc2C)ccc1CNC(=O)C1CC(O)CN1C(=O)C(C(C)C)N(C=O)Cc1ccccc1C. The van der Waals surface area contributed by atoms with Crippen LogP contribution in [-0.2, 0) is 27.5 Å². The molecule has 1 saturated heterocycles. The number of hydrogen-bond acceptors (Lipinski definition) is 6. The largest absolute Gasteiger partial charge is 0.391 e. The fourth-order valence-electron chi connectivity index (χ4n) is 5.41. The lowest BCUT2D eigenvalue weighted by molar-refractivity contribution is -0.147. The minimum Gasteiger partial charge on any atom is -0.391 e. The predicted octanol–water partition coefficient (Wildman–Crippen LogP) is 3.53. The molecule has 2 N–H and O–H groups in total. The highest BCUT2D eigenvalue weighted by Crippen LogP contribution is 2.27. The highest BCUT2D eigenvalue weighted by Gasteiger charge is 2.43. The molecule has 3 aromatic rings. The maximum Gasteiger partial charge on any atom is 0.246 e. The van der Waals surface area contributed by atoms with Gasteiger partial charge in [0, 0.05) is 31.6 Å². The van der Waals surface area contributed by atoms with Crippen LogP contribution in [0.15, 0.2) is 53.2 Å². The highest BCUT2D eigenvalue weighted by molar-refractivity contribution is 5.91. The molecule has 1 aromatic heterocycles. The molecule has 0 bridgehead atoms. The number of aliphatic hydroxyl groups is 1. The van der Waals surface area contributed by atoms with E-state index >= 15 is 0 Å². The molecule has 1 fully saturated rings. The third-order valence-corrected chi connectivity index (χ3v) is 7.71. The number of carbonyl (C=O) groups is 3. The van der Waals surface area contributed by atoms with Crippen molar-refractivity contribution in [3.63, 3.8) is 0 Å². The van der Waals surface area contributed by atoms with Gasteiger partial charge in [-0.05, 0) is 54.5 Å². The van der Waals surface area contributed by atoms with Crippen molar-refractivity contribution in [3.05, 3.63) is 76.7 Å². The Morgan fingerprint density at radius 2 is 1.90 bits per heavy atom. The first-order valence-corrected chi connectivity index (χ1v) is 13.6. The summed E-state index contributed by atoms with van der Waals surface area (Å²) in [5, 5.41) is 17.3.